The molecule has 0 unspecified atom stereocenters. The van der Waals surface area contributed by atoms with Gasteiger partial charge in [-0.25, -0.2) is 8.42 Å². The van der Waals surface area contributed by atoms with Crippen LogP contribution in [0.4, 0.5) is 0 Å². The summed E-state index contributed by atoms with van der Waals surface area (Å²) in [6.45, 7) is 2.42. The topological polar surface area (TPSA) is 79.4 Å². The van der Waals surface area contributed by atoms with Gasteiger partial charge in [-0.05, 0) is 37.8 Å². The van der Waals surface area contributed by atoms with Gasteiger partial charge in [0.1, 0.15) is 0 Å². The van der Waals surface area contributed by atoms with Gasteiger partial charge in [-0.3, -0.25) is 9.78 Å². The Hall–Kier alpha value is -1.47. The van der Waals surface area contributed by atoms with Gasteiger partial charge in [-0.1, -0.05) is 18.9 Å². The highest BCUT2D eigenvalue weighted by Gasteiger charge is 2.41. The van der Waals surface area contributed by atoms with Gasteiger partial charge in [0.2, 0.25) is 15.9 Å². The molecular weight excluding hydrogens is 326 g/mol. The van der Waals surface area contributed by atoms with Crippen molar-refractivity contribution in [2.75, 3.05) is 6.54 Å². The fourth-order valence-electron chi connectivity index (χ4n) is 3.72. The third-order valence-electron chi connectivity index (χ3n) is 4.94. The van der Waals surface area contributed by atoms with E-state index >= 15 is 0 Å². The fourth-order valence-corrected chi connectivity index (χ4v) is 5.98. The molecule has 0 aromatic carbocycles. The second-order valence-electron chi connectivity index (χ2n) is 6.68. The molecular formula is C17H25N3O3S. The standard InChI is InChI=1S/C17H25N3O3S/c1-13(21)18-12-14-6-4-9-16(19-14)17-10-5-11-20(17)24(22,23)15-7-2-3-8-15/h4,6,9,15,17H,2-3,5,7-8,10-12H2,1H3,(H,18,21)/t17-/m0/s1. The normalized spacial score (nSPS) is 22.8. The summed E-state index contributed by atoms with van der Waals surface area (Å²) in [5, 5.41) is 2.51. The van der Waals surface area contributed by atoms with Gasteiger partial charge in [0.15, 0.2) is 0 Å². The lowest BCUT2D eigenvalue weighted by molar-refractivity contribution is -0.119. The van der Waals surface area contributed by atoms with Crippen molar-refractivity contribution >= 4 is 15.9 Å². The summed E-state index contributed by atoms with van der Waals surface area (Å²) in [5.74, 6) is -0.103. The molecule has 0 spiro atoms. The summed E-state index contributed by atoms with van der Waals surface area (Å²) in [6, 6.07) is 5.46. The maximum Gasteiger partial charge on any atom is 0.217 e. The number of sulfonamides is 1. The first-order valence-corrected chi connectivity index (χ1v) is 10.2. The number of nitrogens with zero attached hydrogens (tertiary/aromatic N) is 2. The Labute approximate surface area is 143 Å². The Morgan fingerprint density at radius 2 is 2.00 bits per heavy atom. The second kappa shape index (κ2) is 7.19. The molecule has 1 aliphatic carbocycles. The van der Waals surface area contributed by atoms with E-state index in [1.165, 1.54) is 6.92 Å². The van der Waals surface area contributed by atoms with E-state index in [4.69, 9.17) is 0 Å². The minimum absolute atomic E-state index is 0.103. The van der Waals surface area contributed by atoms with E-state index in [0.29, 0.717) is 13.1 Å². The number of aromatic nitrogens is 1. The minimum atomic E-state index is -3.25. The first-order valence-electron chi connectivity index (χ1n) is 8.69. The Balaban J connectivity index is 1.80. The number of hydrogen-bond acceptors (Lipinski definition) is 4. The largest absolute Gasteiger partial charge is 0.351 e. The van der Waals surface area contributed by atoms with Crippen molar-refractivity contribution in [1.82, 2.24) is 14.6 Å². The summed E-state index contributed by atoms with van der Waals surface area (Å²) in [6.07, 6.45) is 5.25. The number of carbonyl (C=O) groups excluding carboxylic acids is 1. The van der Waals surface area contributed by atoms with E-state index in [2.05, 4.69) is 10.3 Å². The predicted molar refractivity (Wildman–Crippen MR) is 91.6 cm³/mol. The summed E-state index contributed by atoms with van der Waals surface area (Å²) in [7, 11) is -3.25. The molecule has 1 saturated carbocycles. The van der Waals surface area contributed by atoms with Crippen LogP contribution in [0.25, 0.3) is 0 Å². The van der Waals surface area contributed by atoms with Crippen LogP contribution in [0.1, 0.15) is 62.9 Å². The lowest BCUT2D eigenvalue weighted by Gasteiger charge is -2.27. The van der Waals surface area contributed by atoms with E-state index in [1.807, 2.05) is 18.2 Å². The van der Waals surface area contributed by atoms with Crippen LogP contribution in [0, 0.1) is 0 Å². The van der Waals surface area contributed by atoms with Crippen molar-refractivity contribution in [3.8, 4) is 0 Å². The average molecular weight is 351 g/mol. The van der Waals surface area contributed by atoms with E-state index in [1.54, 1.807) is 4.31 Å². The van der Waals surface area contributed by atoms with Gasteiger partial charge < -0.3 is 5.32 Å². The Bertz CT molecular complexity index is 699. The molecule has 6 nitrogen and oxygen atoms in total. The van der Waals surface area contributed by atoms with Crippen molar-refractivity contribution in [2.24, 2.45) is 0 Å². The summed E-state index contributed by atoms with van der Waals surface area (Å²) >= 11 is 0. The van der Waals surface area contributed by atoms with Crippen molar-refractivity contribution < 1.29 is 13.2 Å². The Morgan fingerprint density at radius 1 is 1.25 bits per heavy atom. The number of carbonyl (C=O) groups is 1. The number of rotatable bonds is 5. The van der Waals surface area contributed by atoms with E-state index < -0.39 is 10.0 Å². The van der Waals surface area contributed by atoms with Gasteiger partial charge in [0.05, 0.1) is 29.2 Å². The zero-order chi connectivity index (χ0) is 17.2. The molecule has 2 aliphatic rings. The SMILES string of the molecule is CC(=O)NCc1cccc([C@@H]2CCCN2S(=O)(=O)C2CCCC2)n1. The monoisotopic (exact) mass is 351 g/mol. The molecule has 0 bridgehead atoms. The molecule has 1 N–H and O–H groups in total. The highest BCUT2D eigenvalue weighted by molar-refractivity contribution is 7.89. The van der Waals surface area contributed by atoms with Crippen LogP contribution in [-0.4, -0.2) is 35.4 Å². The molecule has 3 rings (SSSR count). The van der Waals surface area contributed by atoms with Crippen molar-refractivity contribution in [1.29, 1.82) is 0 Å². The van der Waals surface area contributed by atoms with Gasteiger partial charge in [-0.15, -0.1) is 0 Å². The molecule has 7 heteroatoms. The maximum absolute atomic E-state index is 13.0. The third-order valence-corrected chi connectivity index (χ3v) is 7.35. The number of nitrogens with one attached hydrogen (secondary N) is 1. The average Bonchev–Trinajstić information content (AvgIpc) is 3.24. The lowest BCUT2D eigenvalue weighted by Crippen LogP contribution is -2.37. The third kappa shape index (κ3) is 3.62. The van der Waals surface area contributed by atoms with Crippen LogP contribution < -0.4 is 5.32 Å². The zero-order valence-corrected chi connectivity index (χ0v) is 14.9. The molecule has 1 aromatic heterocycles. The van der Waals surface area contributed by atoms with Crippen LogP contribution in [0.15, 0.2) is 18.2 Å². The lowest BCUT2D eigenvalue weighted by atomic mass is 10.1. The maximum atomic E-state index is 13.0. The predicted octanol–water partition coefficient (Wildman–Crippen LogP) is 2.13. The van der Waals surface area contributed by atoms with Crippen molar-refractivity contribution in [3.63, 3.8) is 0 Å². The fraction of sp³-hybridized carbons (Fsp3) is 0.647. The van der Waals surface area contributed by atoms with Crippen molar-refractivity contribution in [3.05, 3.63) is 29.6 Å². The highest BCUT2D eigenvalue weighted by atomic mass is 32.2. The van der Waals surface area contributed by atoms with Crippen LogP contribution in [0.3, 0.4) is 0 Å². The molecule has 1 aliphatic heterocycles. The van der Waals surface area contributed by atoms with Crippen LogP contribution in [0.2, 0.25) is 0 Å². The molecule has 0 radical (unpaired) electrons. The molecule has 2 heterocycles. The summed E-state index contributed by atoms with van der Waals surface area (Å²) in [4.78, 5) is 15.7. The first kappa shape index (κ1) is 17.4. The Morgan fingerprint density at radius 3 is 2.71 bits per heavy atom. The summed E-state index contributed by atoms with van der Waals surface area (Å²) < 4.78 is 27.6. The smallest absolute Gasteiger partial charge is 0.217 e. The molecule has 2 fully saturated rings. The molecule has 1 saturated heterocycles. The quantitative estimate of drug-likeness (QED) is 0.881. The van der Waals surface area contributed by atoms with Crippen LogP contribution in [-0.2, 0) is 21.4 Å². The Kier molecular flexibility index (Phi) is 5.20. The van der Waals surface area contributed by atoms with Gasteiger partial charge in [0, 0.05) is 13.5 Å². The molecule has 132 valence electrons. The van der Waals surface area contributed by atoms with Crippen LogP contribution >= 0.6 is 0 Å². The highest BCUT2D eigenvalue weighted by Crippen LogP contribution is 2.37. The molecule has 1 aromatic rings. The van der Waals surface area contributed by atoms with E-state index in [0.717, 1.165) is 49.9 Å². The molecule has 1 amide bonds. The minimum Gasteiger partial charge on any atom is -0.351 e. The van der Waals surface area contributed by atoms with Crippen LogP contribution in [0.5, 0.6) is 0 Å². The second-order valence-corrected chi connectivity index (χ2v) is 8.85. The zero-order valence-electron chi connectivity index (χ0n) is 14.1. The van der Waals surface area contributed by atoms with E-state index in [-0.39, 0.29) is 17.2 Å². The number of hydrogen-bond donors (Lipinski definition) is 1. The first-order chi connectivity index (χ1) is 11.5. The number of pyridine rings is 1. The molecule has 1 atom stereocenters. The van der Waals surface area contributed by atoms with E-state index in [9.17, 15) is 13.2 Å². The van der Waals surface area contributed by atoms with Gasteiger partial charge in [0.25, 0.3) is 0 Å². The summed E-state index contributed by atoms with van der Waals surface area (Å²) in [5.41, 5.74) is 1.55. The number of amides is 1. The van der Waals surface area contributed by atoms with Gasteiger partial charge in [-0.2, -0.15) is 4.31 Å². The van der Waals surface area contributed by atoms with Gasteiger partial charge >= 0.3 is 0 Å². The molecule has 24 heavy (non-hydrogen) atoms. The van der Waals surface area contributed by atoms with Crippen molar-refractivity contribution in [2.45, 2.75) is 63.3 Å².